The van der Waals surface area contributed by atoms with E-state index in [2.05, 4.69) is 5.32 Å². The first-order chi connectivity index (χ1) is 14.3. The molecule has 2 aromatic rings. The first-order valence-electron chi connectivity index (χ1n) is 9.62. The van der Waals surface area contributed by atoms with Crippen LogP contribution in [0.1, 0.15) is 65.1 Å². The minimum atomic E-state index is -0.790. The van der Waals surface area contributed by atoms with E-state index in [1.54, 1.807) is 6.92 Å². The standard InChI is InChI=1S/C22H25NO7/c1-5-16(15-10-8-7-9-11-15)21(26)29-12-17(25)23-20-19(22(27)28-6-2)18(13(3)24)14(4)30-20/h7-11,16H,5-6,12H2,1-4H3,(H,23,25)/t16-/m0/s1. The maximum atomic E-state index is 12.4. The van der Waals surface area contributed by atoms with Crippen molar-refractivity contribution in [1.29, 1.82) is 0 Å². The Balaban J connectivity index is 2.11. The molecule has 8 heteroatoms. The number of aryl methyl sites for hydroxylation is 1. The van der Waals surface area contributed by atoms with Gasteiger partial charge in [0.2, 0.25) is 5.88 Å². The maximum absolute atomic E-state index is 12.4. The van der Waals surface area contributed by atoms with E-state index in [1.165, 1.54) is 13.8 Å². The van der Waals surface area contributed by atoms with E-state index in [4.69, 9.17) is 13.9 Å². The molecule has 1 aromatic carbocycles. The van der Waals surface area contributed by atoms with Crippen LogP contribution in [0.5, 0.6) is 0 Å². The molecule has 0 saturated carbocycles. The molecule has 0 bridgehead atoms. The number of hydrogen-bond donors (Lipinski definition) is 1. The van der Waals surface area contributed by atoms with Crippen LogP contribution >= 0.6 is 0 Å². The lowest BCUT2D eigenvalue weighted by atomic mass is 9.97. The van der Waals surface area contributed by atoms with Crippen LogP contribution in [0, 0.1) is 6.92 Å². The van der Waals surface area contributed by atoms with Crippen LogP contribution in [0.4, 0.5) is 5.88 Å². The van der Waals surface area contributed by atoms with Crippen LogP contribution in [0.15, 0.2) is 34.7 Å². The largest absolute Gasteiger partial charge is 0.462 e. The summed E-state index contributed by atoms with van der Waals surface area (Å²) >= 11 is 0. The third kappa shape index (κ3) is 5.34. The smallest absolute Gasteiger partial charge is 0.344 e. The van der Waals surface area contributed by atoms with Gasteiger partial charge in [-0.2, -0.15) is 0 Å². The highest BCUT2D eigenvalue weighted by molar-refractivity contribution is 6.10. The van der Waals surface area contributed by atoms with E-state index >= 15 is 0 Å². The number of benzene rings is 1. The molecule has 0 unspecified atom stereocenters. The summed E-state index contributed by atoms with van der Waals surface area (Å²) in [4.78, 5) is 48.9. The van der Waals surface area contributed by atoms with Crippen molar-refractivity contribution in [2.24, 2.45) is 0 Å². The Hall–Kier alpha value is -3.42. The van der Waals surface area contributed by atoms with Crippen molar-refractivity contribution >= 4 is 29.5 Å². The van der Waals surface area contributed by atoms with Gasteiger partial charge in [-0.1, -0.05) is 37.3 Å². The third-order valence-corrected chi connectivity index (χ3v) is 4.41. The summed E-state index contributed by atoms with van der Waals surface area (Å²) in [6.45, 7) is 5.76. The molecule has 1 heterocycles. The average Bonchev–Trinajstić information content (AvgIpc) is 3.04. The number of Topliss-reactive ketones (excluding diaryl/α,β-unsaturated/α-hetero) is 1. The predicted octanol–water partition coefficient (Wildman–Crippen LogP) is 3.64. The Labute approximate surface area is 174 Å². The molecule has 1 aromatic heterocycles. The van der Waals surface area contributed by atoms with Crippen LogP contribution in [-0.4, -0.2) is 36.8 Å². The number of esters is 2. The number of anilines is 1. The number of hydrogen-bond acceptors (Lipinski definition) is 7. The van der Waals surface area contributed by atoms with Gasteiger partial charge in [-0.05, 0) is 32.8 Å². The molecule has 30 heavy (non-hydrogen) atoms. The highest BCUT2D eigenvalue weighted by atomic mass is 16.5. The highest BCUT2D eigenvalue weighted by Crippen LogP contribution is 2.28. The minimum absolute atomic E-state index is 0.0378. The topological polar surface area (TPSA) is 112 Å². The van der Waals surface area contributed by atoms with Crippen LogP contribution < -0.4 is 5.32 Å². The highest BCUT2D eigenvalue weighted by Gasteiger charge is 2.29. The molecule has 0 spiro atoms. The fourth-order valence-corrected chi connectivity index (χ4v) is 3.08. The van der Waals surface area contributed by atoms with Crippen LogP contribution in [0.2, 0.25) is 0 Å². The molecule has 0 fully saturated rings. The van der Waals surface area contributed by atoms with Crippen molar-refractivity contribution in [3.8, 4) is 0 Å². The van der Waals surface area contributed by atoms with Crippen molar-refractivity contribution in [2.75, 3.05) is 18.5 Å². The lowest BCUT2D eigenvalue weighted by Gasteiger charge is -2.14. The lowest BCUT2D eigenvalue weighted by molar-refractivity contribution is -0.149. The molecule has 160 valence electrons. The molecule has 8 nitrogen and oxygen atoms in total. The predicted molar refractivity (Wildman–Crippen MR) is 108 cm³/mol. The zero-order valence-electron chi connectivity index (χ0n) is 17.4. The average molecular weight is 415 g/mol. The van der Waals surface area contributed by atoms with Crippen molar-refractivity contribution < 1.29 is 33.1 Å². The van der Waals surface area contributed by atoms with Gasteiger partial charge in [0, 0.05) is 0 Å². The lowest BCUT2D eigenvalue weighted by Crippen LogP contribution is -2.24. The Morgan fingerprint density at radius 3 is 2.27 bits per heavy atom. The Morgan fingerprint density at radius 1 is 1.03 bits per heavy atom. The van der Waals surface area contributed by atoms with Gasteiger partial charge in [0.1, 0.15) is 11.3 Å². The van der Waals surface area contributed by atoms with Crippen molar-refractivity contribution in [2.45, 2.75) is 40.0 Å². The zero-order valence-corrected chi connectivity index (χ0v) is 17.4. The molecule has 1 N–H and O–H groups in total. The molecule has 0 saturated heterocycles. The molecule has 2 rings (SSSR count). The fourth-order valence-electron chi connectivity index (χ4n) is 3.08. The van der Waals surface area contributed by atoms with Crippen molar-refractivity contribution in [1.82, 2.24) is 0 Å². The molecular weight excluding hydrogens is 390 g/mol. The van der Waals surface area contributed by atoms with E-state index in [0.717, 1.165) is 5.56 Å². The zero-order chi connectivity index (χ0) is 22.3. The van der Waals surface area contributed by atoms with Gasteiger partial charge in [-0.25, -0.2) is 4.79 Å². The molecule has 0 aliphatic rings. The van der Waals surface area contributed by atoms with Crippen LogP contribution in [0.3, 0.4) is 0 Å². The summed E-state index contributed by atoms with van der Waals surface area (Å²) in [6.07, 6.45) is 0.511. The van der Waals surface area contributed by atoms with E-state index in [9.17, 15) is 19.2 Å². The van der Waals surface area contributed by atoms with Gasteiger partial charge < -0.3 is 13.9 Å². The number of rotatable bonds is 9. The summed E-state index contributed by atoms with van der Waals surface area (Å²) in [5, 5.41) is 2.38. The summed E-state index contributed by atoms with van der Waals surface area (Å²) in [7, 11) is 0. The van der Waals surface area contributed by atoms with Gasteiger partial charge in [0.25, 0.3) is 5.91 Å². The first-order valence-corrected chi connectivity index (χ1v) is 9.62. The third-order valence-electron chi connectivity index (χ3n) is 4.41. The first kappa shape index (κ1) is 22.9. The summed E-state index contributed by atoms with van der Waals surface area (Å²) in [6, 6.07) is 9.12. The Morgan fingerprint density at radius 2 is 1.70 bits per heavy atom. The summed E-state index contributed by atoms with van der Waals surface area (Å²) in [5.41, 5.74) is 0.677. The van der Waals surface area contributed by atoms with Gasteiger partial charge >= 0.3 is 11.9 Å². The monoisotopic (exact) mass is 415 g/mol. The quantitative estimate of drug-likeness (QED) is 0.491. The second-order valence-corrected chi connectivity index (χ2v) is 6.54. The SMILES string of the molecule is CCOC(=O)c1c(NC(=O)COC(=O)[C@@H](CC)c2ccccc2)oc(C)c1C(C)=O. The Bertz CT molecular complexity index is 930. The van der Waals surface area contributed by atoms with E-state index in [0.29, 0.717) is 6.42 Å². The number of carbonyl (C=O) groups is 4. The number of carbonyl (C=O) groups excluding carboxylic acids is 4. The Kier molecular flexibility index (Phi) is 7.91. The van der Waals surface area contributed by atoms with Gasteiger partial charge in [0.15, 0.2) is 12.4 Å². The minimum Gasteiger partial charge on any atom is -0.462 e. The van der Waals surface area contributed by atoms with E-state index in [1.807, 2.05) is 37.3 Å². The molecule has 0 radical (unpaired) electrons. The van der Waals surface area contributed by atoms with E-state index < -0.39 is 36.2 Å². The number of nitrogens with one attached hydrogen (secondary N) is 1. The van der Waals surface area contributed by atoms with Gasteiger partial charge in [-0.3, -0.25) is 19.7 Å². The second kappa shape index (κ2) is 10.4. The number of amides is 1. The molecule has 0 aliphatic carbocycles. The molecule has 1 amide bonds. The molecular formula is C22H25NO7. The second-order valence-electron chi connectivity index (χ2n) is 6.54. The molecule has 1 atom stereocenters. The summed E-state index contributed by atoms with van der Waals surface area (Å²) < 4.78 is 15.5. The molecule has 0 aliphatic heterocycles. The number of ketones is 1. The van der Waals surface area contributed by atoms with Crippen LogP contribution in [0.25, 0.3) is 0 Å². The maximum Gasteiger partial charge on any atom is 0.344 e. The number of ether oxygens (including phenoxy) is 2. The van der Waals surface area contributed by atoms with Crippen molar-refractivity contribution in [3.05, 3.63) is 52.8 Å². The van der Waals surface area contributed by atoms with Crippen LogP contribution in [-0.2, 0) is 19.1 Å². The fraction of sp³-hybridized carbons (Fsp3) is 0.364. The van der Waals surface area contributed by atoms with Gasteiger partial charge in [-0.15, -0.1) is 0 Å². The van der Waals surface area contributed by atoms with E-state index in [-0.39, 0.29) is 29.4 Å². The normalized spacial score (nSPS) is 11.5. The summed E-state index contributed by atoms with van der Waals surface area (Å²) in [5.74, 6) is -2.98. The number of furan rings is 1. The van der Waals surface area contributed by atoms with Crippen molar-refractivity contribution in [3.63, 3.8) is 0 Å². The van der Waals surface area contributed by atoms with Gasteiger partial charge in [0.05, 0.1) is 18.1 Å².